The monoisotopic (exact) mass is 246 g/mol. The summed E-state index contributed by atoms with van der Waals surface area (Å²) in [6.07, 6.45) is 0.697. The molecule has 1 fully saturated rings. The third-order valence-corrected chi connectivity index (χ3v) is 4.25. The van der Waals surface area contributed by atoms with Gasteiger partial charge in [0.1, 0.15) is 10.6 Å². The van der Waals surface area contributed by atoms with Gasteiger partial charge in [-0.25, -0.2) is 13.1 Å². The molecule has 0 bridgehead atoms. The Kier molecular flexibility index (Phi) is 3.00. The zero-order valence-electron chi connectivity index (χ0n) is 9.19. The van der Waals surface area contributed by atoms with Gasteiger partial charge in [0.25, 0.3) is 0 Å². The molecule has 2 heterocycles. The second-order valence-electron chi connectivity index (χ2n) is 3.84. The number of sulfonamides is 1. The van der Waals surface area contributed by atoms with Crippen molar-refractivity contribution in [3.8, 4) is 0 Å². The third-order valence-electron chi connectivity index (χ3n) is 2.49. The summed E-state index contributed by atoms with van der Waals surface area (Å²) in [4.78, 5) is 0.138. The fourth-order valence-corrected chi connectivity index (χ4v) is 3.35. The smallest absolute Gasteiger partial charge is 0.246 e. The van der Waals surface area contributed by atoms with Gasteiger partial charge in [-0.3, -0.25) is 0 Å². The topological polar surface area (TPSA) is 81.4 Å². The second-order valence-corrected chi connectivity index (χ2v) is 5.49. The van der Waals surface area contributed by atoms with Crippen LogP contribution in [-0.4, -0.2) is 32.8 Å². The van der Waals surface area contributed by atoms with E-state index in [2.05, 4.69) is 9.88 Å². The first-order valence-corrected chi connectivity index (χ1v) is 6.52. The number of ether oxygens (including phenoxy) is 1. The lowest BCUT2D eigenvalue weighted by Crippen LogP contribution is -2.35. The van der Waals surface area contributed by atoms with Crippen LogP contribution in [0.4, 0.5) is 0 Å². The van der Waals surface area contributed by atoms with Gasteiger partial charge in [0.05, 0.1) is 6.61 Å². The third kappa shape index (κ3) is 2.11. The van der Waals surface area contributed by atoms with Crippen molar-refractivity contribution in [2.24, 2.45) is 0 Å². The lowest BCUT2D eigenvalue weighted by atomic mass is 10.3. The van der Waals surface area contributed by atoms with Crippen molar-refractivity contribution >= 4 is 10.0 Å². The number of aryl methyl sites for hydroxylation is 2. The van der Waals surface area contributed by atoms with E-state index in [-0.39, 0.29) is 10.9 Å². The fraction of sp³-hybridized carbons (Fsp3) is 0.667. The van der Waals surface area contributed by atoms with Crippen molar-refractivity contribution in [2.45, 2.75) is 31.2 Å². The fourth-order valence-electron chi connectivity index (χ4n) is 1.76. The average Bonchev–Trinajstić information content (AvgIpc) is 2.76. The number of nitrogens with zero attached hydrogens (tertiary/aromatic N) is 1. The van der Waals surface area contributed by atoms with Gasteiger partial charge in [0.15, 0.2) is 5.76 Å². The molecule has 0 saturated carbocycles. The van der Waals surface area contributed by atoms with E-state index >= 15 is 0 Å². The van der Waals surface area contributed by atoms with Crippen molar-refractivity contribution in [2.75, 3.05) is 13.2 Å². The van der Waals surface area contributed by atoms with E-state index in [1.165, 1.54) is 0 Å². The van der Waals surface area contributed by atoms with Crippen LogP contribution in [0, 0.1) is 13.8 Å². The molecule has 1 N–H and O–H groups in total. The molecule has 1 atom stereocenters. The van der Waals surface area contributed by atoms with E-state index in [1.807, 2.05) is 0 Å². The maximum atomic E-state index is 12.0. The summed E-state index contributed by atoms with van der Waals surface area (Å²) in [5.41, 5.74) is 0.379. The van der Waals surface area contributed by atoms with Crippen LogP contribution < -0.4 is 4.72 Å². The molecule has 0 aromatic carbocycles. The molecule has 16 heavy (non-hydrogen) atoms. The van der Waals surface area contributed by atoms with Gasteiger partial charge < -0.3 is 9.26 Å². The van der Waals surface area contributed by atoms with Crippen LogP contribution in [0.2, 0.25) is 0 Å². The van der Waals surface area contributed by atoms with Crippen molar-refractivity contribution in [3.05, 3.63) is 11.5 Å². The van der Waals surface area contributed by atoms with Crippen LogP contribution >= 0.6 is 0 Å². The normalized spacial score (nSPS) is 21.5. The molecule has 6 nitrogen and oxygen atoms in total. The molecule has 1 saturated heterocycles. The Balaban J connectivity index is 2.25. The molecule has 1 unspecified atom stereocenters. The maximum Gasteiger partial charge on any atom is 0.246 e. The maximum absolute atomic E-state index is 12.0. The number of rotatable bonds is 3. The quantitative estimate of drug-likeness (QED) is 0.832. The summed E-state index contributed by atoms with van der Waals surface area (Å²) < 4.78 is 36.6. The first-order chi connectivity index (χ1) is 7.50. The van der Waals surface area contributed by atoms with Crippen LogP contribution in [0.5, 0.6) is 0 Å². The van der Waals surface area contributed by atoms with Crippen molar-refractivity contribution < 1.29 is 17.7 Å². The van der Waals surface area contributed by atoms with Gasteiger partial charge in [0.2, 0.25) is 10.0 Å². The highest BCUT2D eigenvalue weighted by molar-refractivity contribution is 7.89. The van der Waals surface area contributed by atoms with Crippen LogP contribution in [0.1, 0.15) is 17.9 Å². The highest BCUT2D eigenvalue weighted by atomic mass is 32.2. The largest absolute Gasteiger partial charge is 0.380 e. The zero-order valence-corrected chi connectivity index (χ0v) is 10.0. The first kappa shape index (κ1) is 11.6. The molecule has 1 aliphatic rings. The molecule has 1 aromatic heterocycles. The van der Waals surface area contributed by atoms with Crippen LogP contribution in [-0.2, 0) is 14.8 Å². The Morgan fingerprint density at radius 3 is 2.69 bits per heavy atom. The van der Waals surface area contributed by atoms with Crippen LogP contribution in [0.15, 0.2) is 9.42 Å². The summed E-state index contributed by atoms with van der Waals surface area (Å²) in [6.45, 7) is 4.20. The minimum Gasteiger partial charge on any atom is -0.380 e. The standard InChI is InChI=1S/C9H14N2O4S/c1-6-9(7(2)15-10-6)16(12,13)11-8-3-4-14-5-8/h8,11H,3-5H2,1-2H3. The molecule has 7 heteroatoms. The number of nitrogens with one attached hydrogen (secondary N) is 1. The van der Waals surface area contributed by atoms with E-state index < -0.39 is 10.0 Å². The molecule has 0 aliphatic carbocycles. The lowest BCUT2D eigenvalue weighted by Gasteiger charge is -2.10. The lowest BCUT2D eigenvalue weighted by molar-refractivity contribution is 0.192. The summed E-state index contributed by atoms with van der Waals surface area (Å²) >= 11 is 0. The Morgan fingerprint density at radius 2 is 2.19 bits per heavy atom. The molecule has 0 amide bonds. The second kappa shape index (κ2) is 4.15. The van der Waals surface area contributed by atoms with Crippen molar-refractivity contribution in [1.29, 1.82) is 0 Å². The zero-order chi connectivity index (χ0) is 11.8. The predicted octanol–water partition coefficient (Wildman–Crippen LogP) is 0.359. The minimum absolute atomic E-state index is 0.138. The van der Waals surface area contributed by atoms with Crippen LogP contribution in [0.3, 0.4) is 0 Å². The number of hydrogen-bond acceptors (Lipinski definition) is 5. The Labute approximate surface area is 94.0 Å². The van der Waals surface area contributed by atoms with E-state index in [0.29, 0.717) is 31.1 Å². The predicted molar refractivity (Wildman–Crippen MR) is 55.5 cm³/mol. The number of aromatic nitrogens is 1. The van der Waals surface area contributed by atoms with E-state index in [1.54, 1.807) is 13.8 Å². The first-order valence-electron chi connectivity index (χ1n) is 5.03. The Morgan fingerprint density at radius 1 is 1.44 bits per heavy atom. The summed E-state index contributed by atoms with van der Waals surface area (Å²) in [6, 6.07) is -0.154. The molecule has 1 aromatic rings. The molecular weight excluding hydrogens is 232 g/mol. The molecule has 2 rings (SSSR count). The summed E-state index contributed by atoms with van der Waals surface area (Å²) in [5, 5.41) is 3.63. The molecule has 0 radical (unpaired) electrons. The van der Waals surface area contributed by atoms with E-state index in [4.69, 9.17) is 9.26 Å². The van der Waals surface area contributed by atoms with Crippen molar-refractivity contribution in [3.63, 3.8) is 0 Å². The van der Waals surface area contributed by atoms with E-state index in [0.717, 1.165) is 0 Å². The van der Waals surface area contributed by atoms with E-state index in [9.17, 15) is 8.42 Å². The highest BCUT2D eigenvalue weighted by Gasteiger charge is 2.28. The van der Waals surface area contributed by atoms with Gasteiger partial charge in [-0.15, -0.1) is 0 Å². The average molecular weight is 246 g/mol. The van der Waals surface area contributed by atoms with Gasteiger partial charge in [-0.05, 0) is 20.3 Å². The molecule has 0 spiro atoms. The van der Waals surface area contributed by atoms with Gasteiger partial charge in [-0.2, -0.15) is 0 Å². The SMILES string of the molecule is Cc1noc(C)c1S(=O)(=O)NC1CCOC1. The van der Waals surface area contributed by atoms with Gasteiger partial charge in [-0.1, -0.05) is 5.16 Å². The van der Waals surface area contributed by atoms with Crippen LogP contribution in [0.25, 0.3) is 0 Å². The Hall–Kier alpha value is -0.920. The van der Waals surface area contributed by atoms with Gasteiger partial charge in [0, 0.05) is 12.6 Å². The number of hydrogen-bond donors (Lipinski definition) is 1. The van der Waals surface area contributed by atoms with Gasteiger partial charge >= 0.3 is 0 Å². The molecule has 1 aliphatic heterocycles. The Bertz CT molecular complexity index is 454. The molecular formula is C9H14N2O4S. The highest BCUT2D eigenvalue weighted by Crippen LogP contribution is 2.19. The van der Waals surface area contributed by atoms with Crippen molar-refractivity contribution in [1.82, 2.24) is 9.88 Å². The molecule has 90 valence electrons. The minimum atomic E-state index is -3.55. The summed E-state index contributed by atoms with van der Waals surface area (Å²) in [7, 11) is -3.55. The summed E-state index contributed by atoms with van der Waals surface area (Å²) in [5.74, 6) is 0.309.